The summed E-state index contributed by atoms with van der Waals surface area (Å²) < 4.78 is 5.70. The van der Waals surface area contributed by atoms with Gasteiger partial charge in [-0.3, -0.25) is 14.9 Å². The number of para-hydroxylation sites is 1. The summed E-state index contributed by atoms with van der Waals surface area (Å²) in [4.78, 5) is 22.4. The topological polar surface area (TPSA) is 81.5 Å². The van der Waals surface area contributed by atoms with Crippen molar-refractivity contribution in [3.8, 4) is 5.75 Å². The molecule has 0 aliphatic heterocycles. The highest BCUT2D eigenvalue weighted by Gasteiger charge is 2.17. The lowest BCUT2D eigenvalue weighted by atomic mass is 10.1. The molecule has 120 valence electrons. The number of nitro groups is 1. The molecule has 2 rings (SSSR count). The molecule has 0 fully saturated rings. The van der Waals surface area contributed by atoms with Crippen LogP contribution >= 0.6 is 0 Å². The smallest absolute Gasteiger partial charge is 0.271 e. The lowest BCUT2D eigenvalue weighted by Gasteiger charge is -2.16. The molecule has 6 nitrogen and oxygen atoms in total. The molecule has 0 saturated carbocycles. The second-order valence-electron chi connectivity index (χ2n) is 5.02. The number of anilines is 1. The van der Waals surface area contributed by atoms with Crippen LogP contribution in [0.25, 0.3) is 0 Å². The van der Waals surface area contributed by atoms with Crippen molar-refractivity contribution in [1.29, 1.82) is 0 Å². The Balaban J connectivity index is 2.05. The number of hydrogen-bond acceptors (Lipinski definition) is 4. The normalized spacial score (nSPS) is 11.6. The number of aryl methyl sites for hydroxylation is 1. The molecule has 0 aliphatic carbocycles. The van der Waals surface area contributed by atoms with E-state index in [1.54, 1.807) is 13.0 Å². The van der Waals surface area contributed by atoms with Crippen molar-refractivity contribution in [2.24, 2.45) is 0 Å². The molecule has 1 N–H and O–H groups in total. The van der Waals surface area contributed by atoms with Crippen LogP contribution < -0.4 is 10.1 Å². The van der Waals surface area contributed by atoms with E-state index in [-0.39, 0.29) is 11.6 Å². The van der Waals surface area contributed by atoms with Gasteiger partial charge in [0.2, 0.25) is 0 Å². The minimum atomic E-state index is -0.720. The lowest BCUT2D eigenvalue weighted by Crippen LogP contribution is -2.30. The highest BCUT2D eigenvalue weighted by molar-refractivity contribution is 5.94. The number of rotatable bonds is 6. The van der Waals surface area contributed by atoms with Crippen LogP contribution in [0.2, 0.25) is 0 Å². The van der Waals surface area contributed by atoms with Crippen LogP contribution in [-0.2, 0) is 11.2 Å². The Kier molecular flexibility index (Phi) is 5.30. The summed E-state index contributed by atoms with van der Waals surface area (Å²) in [6, 6.07) is 13.3. The molecule has 0 spiro atoms. The average Bonchev–Trinajstić information content (AvgIpc) is 2.55. The van der Waals surface area contributed by atoms with Crippen molar-refractivity contribution in [1.82, 2.24) is 0 Å². The van der Waals surface area contributed by atoms with E-state index in [0.29, 0.717) is 11.4 Å². The van der Waals surface area contributed by atoms with Crippen LogP contribution in [-0.4, -0.2) is 16.9 Å². The first-order valence-corrected chi connectivity index (χ1v) is 7.31. The van der Waals surface area contributed by atoms with Crippen molar-refractivity contribution in [3.05, 3.63) is 64.2 Å². The SMILES string of the molecule is CCc1ccccc1O[C@@H](C)C(=O)Nc1cccc([N+](=O)[O-])c1. The number of nitro benzene ring substituents is 1. The second-order valence-corrected chi connectivity index (χ2v) is 5.02. The van der Waals surface area contributed by atoms with Crippen LogP contribution in [0.1, 0.15) is 19.4 Å². The molecule has 23 heavy (non-hydrogen) atoms. The van der Waals surface area contributed by atoms with E-state index in [9.17, 15) is 14.9 Å². The maximum Gasteiger partial charge on any atom is 0.271 e. The van der Waals surface area contributed by atoms with Crippen LogP contribution in [0.5, 0.6) is 5.75 Å². The molecule has 2 aromatic carbocycles. The summed E-state index contributed by atoms with van der Waals surface area (Å²) in [5.74, 6) is 0.299. The number of ether oxygens (including phenoxy) is 1. The maximum absolute atomic E-state index is 12.2. The molecule has 0 heterocycles. The van der Waals surface area contributed by atoms with E-state index >= 15 is 0 Å². The molecule has 0 saturated heterocycles. The molecule has 0 radical (unpaired) electrons. The van der Waals surface area contributed by atoms with Gasteiger partial charge < -0.3 is 10.1 Å². The van der Waals surface area contributed by atoms with E-state index in [1.807, 2.05) is 31.2 Å². The number of carbonyl (C=O) groups is 1. The minimum absolute atomic E-state index is 0.0762. The Labute approximate surface area is 134 Å². The predicted molar refractivity (Wildman–Crippen MR) is 87.6 cm³/mol. The first-order chi connectivity index (χ1) is 11.0. The van der Waals surface area contributed by atoms with Crippen LogP contribution in [0, 0.1) is 10.1 Å². The Morgan fingerprint density at radius 3 is 2.70 bits per heavy atom. The summed E-state index contributed by atoms with van der Waals surface area (Å²) in [6.07, 6.45) is 0.0806. The Bertz CT molecular complexity index is 715. The highest BCUT2D eigenvalue weighted by atomic mass is 16.6. The number of nitrogens with zero attached hydrogens (tertiary/aromatic N) is 1. The van der Waals surface area contributed by atoms with E-state index in [0.717, 1.165) is 12.0 Å². The number of non-ortho nitro benzene ring substituents is 1. The molecule has 1 amide bonds. The van der Waals surface area contributed by atoms with Gasteiger partial charge in [-0.25, -0.2) is 0 Å². The van der Waals surface area contributed by atoms with Gasteiger partial charge in [0.15, 0.2) is 6.10 Å². The van der Waals surface area contributed by atoms with E-state index in [2.05, 4.69) is 5.32 Å². The quantitative estimate of drug-likeness (QED) is 0.653. The molecule has 0 bridgehead atoms. The van der Waals surface area contributed by atoms with Gasteiger partial charge in [-0.1, -0.05) is 31.2 Å². The first kappa shape index (κ1) is 16.5. The first-order valence-electron chi connectivity index (χ1n) is 7.31. The minimum Gasteiger partial charge on any atom is -0.481 e. The van der Waals surface area contributed by atoms with Crippen molar-refractivity contribution >= 4 is 17.3 Å². The van der Waals surface area contributed by atoms with E-state index < -0.39 is 11.0 Å². The largest absolute Gasteiger partial charge is 0.481 e. The third-order valence-corrected chi connectivity index (χ3v) is 3.35. The lowest BCUT2D eigenvalue weighted by molar-refractivity contribution is -0.384. The summed E-state index contributed by atoms with van der Waals surface area (Å²) in [5, 5.41) is 13.4. The number of hydrogen-bond donors (Lipinski definition) is 1. The molecule has 0 aliphatic rings. The van der Waals surface area contributed by atoms with Gasteiger partial charge in [0.05, 0.1) is 4.92 Å². The molecular formula is C17H18N2O4. The van der Waals surface area contributed by atoms with Crippen molar-refractivity contribution in [2.75, 3.05) is 5.32 Å². The van der Waals surface area contributed by atoms with Gasteiger partial charge in [-0.2, -0.15) is 0 Å². The van der Waals surface area contributed by atoms with Gasteiger partial charge in [0.25, 0.3) is 11.6 Å². The third kappa shape index (κ3) is 4.29. The Morgan fingerprint density at radius 1 is 1.26 bits per heavy atom. The van der Waals surface area contributed by atoms with Crippen LogP contribution in [0.3, 0.4) is 0 Å². The highest BCUT2D eigenvalue weighted by Crippen LogP contribution is 2.21. The Morgan fingerprint density at radius 2 is 2.00 bits per heavy atom. The van der Waals surface area contributed by atoms with Crippen LogP contribution in [0.15, 0.2) is 48.5 Å². The predicted octanol–water partition coefficient (Wildman–Crippen LogP) is 3.56. The number of amides is 1. The molecule has 2 aromatic rings. The fourth-order valence-electron chi connectivity index (χ4n) is 2.10. The summed E-state index contributed by atoms with van der Waals surface area (Å²) in [5.41, 5.74) is 1.30. The second kappa shape index (κ2) is 7.40. The summed E-state index contributed by atoms with van der Waals surface area (Å²) in [6.45, 7) is 3.65. The fraction of sp³-hybridized carbons (Fsp3) is 0.235. The van der Waals surface area contributed by atoms with Crippen molar-refractivity contribution in [3.63, 3.8) is 0 Å². The number of benzene rings is 2. The van der Waals surface area contributed by atoms with Crippen molar-refractivity contribution < 1.29 is 14.5 Å². The van der Waals surface area contributed by atoms with Gasteiger partial charge in [-0.15, -0.1) is 0 Å². The average molecular weight is 314 g/mol. The third-order valence-electron chi connectivity index (χ3n) is 3.35. The van der Waals surface area contributed by atoms with Crippen molar-refractivity contribution in [2.45, 2.75) is 26.4 Å². The van der Waals surface area contributed by atoms with Gasteiger partial charge in [-0.05, 0) is 31.0 Å². The zero-order valence-electron chi connectivity index (χ0n) is 13.0. The fourth-order valence-corrected chi connectivity index (χ4v) is 2.10. The van der Waals surface area contributed by atoms with Gasteiger partial charge in [0, 0.05) is 17.8 Å². The zero-order valence-corrected chi connectivity index (χ0v) is 13.0. The molecule has 1 atom stereocenters. The molecule has 0 unspecified atom stereocenters. The molecular weight excluding hydrogens is 296 g/mol. The zero-order chi connectivity index (χ0) is 16.8. The number of carbonyl (C=O) groups excluding carboxylic acids is 1. The standard InChI is InChI=1S/C17H18N2O4/c1-3-13-7-4-5-10-16(13)23-12(2)17(20)18-14-8-6-9-15(11-14)19(21)22/h4-12H,3H2,1-2H3,(H,18,20)/t12-/m0/s1. The summed E-state index contributed by atoms with van der Waals surface area (Å²) >= 11 is 0. The van der Waals surface area contributed by atoms with E-state index in [1.165, 1.54) is 18.2 Å². The van der Waals surface area contributed by atoms with Gasteiger partial charge in [0.1, 0.15) is 5.75 Å². The number of nitrogens with one attached hydrogen (secondary N) is 1. The van der Waals surface area contributed by atoms with Gasteiger partial charge >= 0.3 is 0 Å². The summed E-state index contributed by atoms with van der Waals surface area (Å²) in [7, 11) is 0. The molecule has 0 aromatic heterocycles. The maximum atomic E-state index is 12.2. The van der Waals surface area contributed by atoms with Crippen LogP contribution in [0.4, 0.5) is 11.4 Å². The Hall–Kier alpha value is -2.89. The molecule has 6 heteroatoms. The van der Waals surface area contributed by atoms with E-state index in [4.69, 9.17) is 4.74 Å². The monoisotopic (exact) mass is 314 g/mol.